The number of nitrogens with one attached hydrogen (secondary N) is 2. The number of aryl methyl sites for hydroxylation is 1. The van der Waals surface area contributed by atoms with Gasteiger partial charge in [-0.2, -0.15) is 0 Å². The van der Waals surface area contributed by atoms with E-state index in [2.05, 4.69) is 20.6 Å². The molecule has 1 heterocycles. The first-order chi connectivity index (χ1) is 14.0. The Balaban J connectivity index is 1.83. The van der Waals surface area contributed by atoms with E-state index in [4.69, 9.17) is 9.84 Å². The molecule has 0 aliphatic carbocycles. The highest BCUT2D eigenvalue weighted by atomic mass is 16.5. The van der Waals surface area contributed by atoms with Crippen LogP contribution >= 0.6 is 0 Å². The predicted molar refractivity (Wildman–Crippen MR) is 109 cm³/mol. The number of aromatic carboxylic acids is 1. The van der Waals surface area contributed by atoms with Gasteiger partial charge in [-0.25, -0.2) is 19.6 Å². The molecule has 0 spiro atoms. The number of benzene rings is 2. The van der Waals surface area contributed by atoms with E-state index < -0.39 is 11.9 Å². The van der Waals surface area contributed by atoms with Gasteiger partial charge in [0.25, 0.3) is 0 Å². The summed E-state index contributed by atoms with van der Waals surface area (Å²) >= 11 is 0. The van der Waals surface area contributed by atoms with Gasteiger partial charge in [-0.1, -0.05) is 12.1 Å². The molecule has 0 bridgehead atoms. The molecule has 0 saturated heterocycles. The summed E-state index contributed by atoms with van der Waals surface area (Å²) in [5.41, 5.74) is 1.86. The molecule has 0 atom stereocenters. The minimum absolute atomic E-state index is 0.201. The molecule has 2 aromatic carbocycles. The molecular formula is C21H20N4O4. The molecule has 3 aromatic rings. The summed E-state index contributed by atoms with van der Waals surface area (Å²) in [4.78, 5) is 31.8. The van der Waals surface area contributed by atoms with Crippen molar-refractivity contribution in [2.75, 3.05) is 17.2 Å². The van der Waals surface area contributed by atoms with Crippen molar-refractivity contribution in [2.24, 2.45) is 0 Å². The second-order valence-electron chi connectivity index (χ2n) is 6.08. The molecule has 1 aromatic heterocycles. The predicted octanol–water partition coefficient (Wildman–Crippen LogP) is 4.15. The van der Waals surface area contributed by atoms with Crippen molar-refractivity contribution in [3.63, 3.8) is 0 Å². The number of carbonyl (C=O) groups is 2. The SMILES string of the molecule is CCOC(=O)c1ccccc1Nc1cc(Nc2ccc(C(=O)O)cc2)nc(C)n1. The normalized spacial score (nSPS) is 10.3. The summed E-state index contributed by atoms with van der Waals surface area (Å²) in [5, 5.41) is 15.2. The number of hydrogen-bond donors (Lipinski definition) is 3. The van der Waals surface area contributed by atoms with E-state index in [9.17, 15) is 9.59 Å². The minimum atomic E-state index is -0.985. The van der Waals surface area contributed by atoms with Gasteiger partial charge in [-0.15, -0.1) is 0 Å². The topological polar surface area (TPSA) is 113 Å². The zero-order valence-electron chi connectivity index (χ0n) is 16.0. The molecule has 0 saturated carbocycles. The van der Waals surface area contributed by atoms with E-state index in [0.717, 1.165) is 0 Å². The van der Waals surface area contributed by atoms with Gasteiger partial charge in [0.2, 0.25) is 0 Å². The monoisotopic (exact) mass is 392 g/mol. The molecule has 0 aliphatic heterocycles. The zero-order valence-corrected chi connectivity index (χ0v) is 16.0. The third kappa shape index (κ3) is 5.07. The van der Waals surface area contributed by atoms with Crippen LogP contribution in [0.15, 0.2) is 54.6 Å². The highest BCUT2D eigenvalue weighted by Gasteiger charge is 2.13. The van der Waals surface area contributed by atoms with Crippen molar-refractivity contribution in [1.82, 2.24) is 9.97 Å². The summed E-state index contributed by atoms with van der Waals surface area (Å²) in [6.07, 6.45) is 0. The van der Waals surface area contributed by atoms with Gasteiger partial charge in [-0.3, -0.25) is 0 Å². The van der Waals surface area contributed by atoms with Gasteiger partial charge in [0, 0.05) is 11.8 Å². The molecule has 0 aliphatic rings. The Morgan fingerprint density at radius 1 is 1.00 bits per heavy atom. The summed E-state index contributed by atoms with van der Waals surface area (Å²) in [7, 11) is 0. The van der Waals surface area contributed by atoms with Gasteiger partial charge in [0.1, 0.15) is 17.5 Å². The lowest BCUT2D eigenvalue weighted by Crippen LogP contribution is -2.09. The molecule has 3 rings (SSSR count). The van der Waals surface area contributed by atoms with E-state index in [-0.39, 0.29) is 12.2 Å². The lowest BCUT2D eigenvalue weighted by molar-refractivity contribution is 0.0527. The first-order valence-electron chi connectivity index (χ1n) is 8.95. The Bertz CT molecular complexity index is 1040. The first-order valence-corrected chi connectivity index (χ1v) is 8.95. The van der Waals surface area contributed by atoms with Crippen LogP contribution in [-0.2, 0) is 4.74 Å². The maximum absolute atomic E-state index is 12.2. The molecule has 29 heavy (non-hydrogen) atoms. The summed E-state index contributed by atoms with van der Waals surface area (Å²) in [6, 6.07) is 15.0. The Hall–Kier alpha value is -3.94. The number of para-hydroxylation sites is 1. The Morgan fingerprint density at radius 2 is 1.66 bits per heavy atom. The van der Waals surface area contributed by atoms with Crippen LogP contribution in [0.5, 0.6) is 0 Å². The van der Waals surface area contributed by atoms with Crippen molar-refractivity contribution in [3.8, 4) is 0 Å². The molecule has 0 unspecified atom stereocenters. The van der Waals surface area contributed by atoms with Crippen LogP contribution in [0.1, 0.15) is 33.5 Å². The number of hydrogen-bond acceptors (Lipinski definition) is 7. The number of carboxylic acids is 1. The van der Waals surface area contributed by atoms with Gasteiger partial charge < -0.3 is 20.5 Å². The molecule has 0 radical (unpaired) electrons. The molecule has 3 N–H and O–H groups in total. The number of rotatable bonds is 7. The summed E-state index contributed by atoms with van der Waals surface area (Å²) in [6.45, 7) is 3.79. The number of anilines is 4. The van der Waals surface area contributed by atoms with Crippen molar-refractivity contribution >= 4 is 34.9 Å². The van der Waals surface area contributed by atoms with Gasteiger partial charge in [0.05, 0.1) is 23.4 Å². The van der Waals surface area contributed by atoms with Crippen LogP contribution in [-0.4, -0.2) is 33.6 Å². The van der Waals surface area contributed by atoms with Crippen LogP contribution in [0.4, 0.5) is 23.0 Å². The van der Waals surface area contributed by atoms with E-state index in [1.807, 2.05) is 6.07 Å². The average Bonchev–Trinajstić information content (AvgIpc) is 2.68. The fourth-order valence-electron chi connectivity index (χ4n) is 2.66. The summed E-state index contributed by atoms with van der Waals surface area (Å²) in [5.74, 6) is 0.142. The smallest absolute Gasteiger partial charge is 0.340 e. The molecule has 148 valence electrons. The first kappa shape index (κ1) is 19.8. The van der Waals surface area contributed by atoms with Crippen molar-refractivity contribution in [3.05, 3.63) is 71.5 Å². The fourth-order valence-corrected chi connectivity index (χ4v) is 2.66. The second kappa shape index (κ2) is 8.83. The lowest BCUT2D eigenvalue weighted by Gasteiger charge is -2.13. The van der Waals surface area contributed by atoms with Crippen LogP contribution < -0.4 is 10.6 Å². The van der Waals surface area contributed by atoms with Crippen molar-refractivity contribution < 1.29 is 19.4 Å². The number of nitrogens with zero attached hydrogens (tertiary/aromatic N) is 2. The molecular weight excluding hydrogens is 372 g/mol. The fraction of sp³-hybridized carbons (Fsp3) is 0.143. The molecule has 0 amide bonds. The van der Waals surface area contributed by atoms with E-state index >= 15 is 0 Å². The number of carboxylic acid groups (broad SMARTS) is 1. The standard InChI is InChI=1S/C21H20N4O4/c1-3-29-21(28)16-6-4-5-7-17(16)25-19-12-18(22-13(2)23-19)24-15-10-8-14(9-11-15)20(26)27/h4-12H,3H2,1-2H3,(H,26,27)(H2,22,23,24,25). The highest BCUT2D eigenvalue weighted by molar-refractivity contribution is 5.96. The number of aromatic nitrogens is 2. The lowest BCUT2D eigenvalue weighted by atomic mass is 10.2. The largest absolute Gasteiger partial charge is 0.478 e. The molecule has 8 nitrogen and oxygen atoms in total. The number of carbonyl (C=O) groups excluding carboxylic acids is 1. The van der Waals surface area contributed by atoms with Crippen LogP contribution in [0.25, 0.3) is 0 Å². The second-order valence-corrected chi connectivity index (χ2v) is 6.08. The van der Waals surface area contributed by atoms with Crippen LogP contribution in [0.2, 0.25) is 0 Å². The van der Waals surface area contributed by atoms with E-state index in [1.165, 1.54) is 12.1 Å². The van der Waals surface area contributed by atoms with Gasteiger partial charge in [-0.05, 0) is 50.2 Å². The highest BCUT2D eigenvalue weighted by Crippen LogP contribution is 2.23. The molecule has 8 heteroatoms. The quantitative estimate of drug-likeness (QED) is 0.514. The van der Waals surface area contributed by atoms with Gasteiger partial charge >= 0.3 is 11.9 Å². The van der Waals surface area contributed by atoms with Crippen molar-refractivity contribution in [1.29, 1.82) is 0 Å². The third-order valence-corrected chi connectivity index (χ3v) is 3.93. The third-order valence-electron chi connectivity index (χ3n) is 3.93. The Morgan fingerprint density at radius 3 is 2.31 bits per heavy atom. The van der Waals surface area contributed by atoms with Crippen LogP contribution in [0.3, 0.4) is 0 Å². The minimum Gasteiger partial charge on any atom is -0.478 e. The average molecular weight is 392 g/mol. The van der Waals surface area contributed by atoms with Crippen LogP contribution in [0, 0.1) is 6.92 Å². The molecule has 0 fully saturated rings. The number of ether oxygens (including phenoxy) is 1. The van der Waals surface area contributed by atoms with E-state index in [1.54, 1.807) is 50.2 Å². The summed E-state index contributed by atoms with van der Waals surface area (Å²) < 4.78 is 5.09. The van der Waals surface area contributed by atoms with Crippen molar-refractivity contribution in [2.45, 2.75) is 13.8 Å². The Labute approximate surface area is 167 Å². The maximum atomic E-state index is 12.2. The number of esters is 1. The zero-order chi connectivity index (χ0) is 20.8. The maximum Gasteiger partial charge on any atom is 0.340 e. The van der Waals surface area contributed by atoms with E-state index in [0.29, 0.717) is 34.4 Å². The Kier molecular flexibility index (Phi) is 6.03. The van der Waals surface area contributed by atoms with Gasteiger partial charge in [0.15, 0.2) is 0 Å².